The Labute approximate surface area is 168 Å². The molecule has 4 aromatic rings. The van der Waals surface area contributed by atoms with E-state index in [1.165, 1.54) is 16.8 Å². The average Bonchev–Trinajstić information content (AvgIpc) is 3.27. The molecule has 0 fully saturated rings. The fraction of sp³-hybridized carbons (Fsp3) is 0.217. The standard InChI is InChI=1S/C23H21N3OS/c1-14-12-17-6-4-5-7-20(17)26(14)22-21-19(13-28-23(21)25-15(2)24-22)16-8-10-18(27-3)11-9-16/h4-11,13-14H,12H2,1-3H3. The van der Waals surface area contributed by atoms with E-state index in [-0.39, 0.29) is 0 Å². The highest BCUT2D eigenvalue weighted by Crippen LogP contribution is 2.44. The van der Waals surface area contributed by atoms with Gasteiger partial charge in [0.25, 0.3) is 0 Å². The maximum Gasteiger partial charge on any atom is 0.146 e. The number of methoxy groups -OCH3 is 1. The monoisotopic (exact) mass is 387 g/mol. The molecular formula is C23H21N3OS. The van der Waals surface area contributed by atoms with Crippen molar-refractivity contribution < 1.29 is 4.74 Å². The lowest BCUT2D eigenvalue weighted by Crippen LogP contribution is -2.25. The maximum absolute atomic E-state index is 5.32. The van der Waals surface area contributed by atoms with Gasteiger partial charge in [-0.3, -0.25) is 0 Å². The number of rotatable bonds is 3. The zero-order valence-electron chi connectivity index (χ0n) is 16.1. The van der Waals surface area contributed by atoms with E-state index in [0.717, 1.165) is 39.6 Å². The highest BCUT2D eigenvalue weighted by molar-refractivity contribution is 7.17. The van der Waals surface area contributed by atoms with Crippen molar-refractivity contribution in [1.82, 2.24) is 9.97 Å². The van der Waals surface area contributed by atoms with E-state index < -0.39 is 0 Å². The molecule has 3 heterocycles. The molecule has 5 rings (SSSR count). The second-order valence-corrected chi connectivity index (χ2v) is 8.06. The number of benzene rings is 2. The van der Waals surface area contributed by atoms with Gasteiger partial charge in [0.15, 0.2) is 0 Å². The van der Waals surface area contributed by atoms with Gasteiger partial charge in [-0.2, -0.15) is 0 Å². The first kappa shape index (κ1) is 17.2. The molecule has 140 valence electrons. The Kier molecular flexibility index (Phi) is 4.05. The van der Waals surface area contributed by atoms with E-state index >= 15 is 0 Å². The summed E-state index contributed by atoms with van der Waals surface area (Å²) in [6.07, 6.45) is 1.03. The van der Waals surface area contributed by atoms with E-state index in [1.807, 2.05) is 19.1 Å². The molecule has 0 saturated carbocycles. The molecule has 0 amide bonds. The van der Waals surface area contributed by atoms with Gasteiger partial charge in [0.1, 0.15) is 22.2 Å². The molecule has 1 atom stereocenters. The molecule has 0 spiro atoms. The van der Waals surface area contributed by atoms with Crippen molar-refractivity contribution in [1.29, 1.82) is 0 Å². The summed E-state index contributed by atoms with van der Waals surface area (Å²) in [5.41, 5.74) is 4.96. The second-order valence-electron chi connectivity index (χ2n) is 7.20. The number of thiophene rings is 1. The zero-order valence-corrected chi connectivity index (χ0v) is 17.0. The molecule has 2 aromatic carbocycles. The first-order valence-corrected chi connectivity index (χ1v) is 10.3. The molecule has 0 radical (unpaired) electrons. The van der Waals surface area contributed by atoms with Crippen LogP contribution in [0, 0.1) is 6.92 Å². The Morgan fingerprint density at radius 1 is 1.07 bits per heavy atom. The van der Waals surface area contributed by atoms with Crippen molar-refractivity contribution in [3.05, 3.63) is 65.3 Å². The smallest absolute Gasteiger partial charge is 0.146 e. The van der Waals surface area contributed by atoms with Crippen LogP contribution in [0.15, 0.2) is 53.9 Å². The van der Waals surface area contributed by atoms with Crippen LogP contribution >= 0.6 is 11.3 Å². The first-order valence-electron chi connectivity index (χ1n) is 9.43. The fourth-order valence-electron chi connectivity index (χ4n) is 4.07. The largest absolute Gasteiger partial charge is 0.497 e. The van der Waals surface area contributed by atoms with Crippen LogP contribution < -0.4 is 9.64 Å². The lowest BCUT2D eigenvalue weighted by atomic mass is 10.1. The van der Waals surface area contributed by atoms with Gasteiger partial charge in [-0.15, -0.1) is 11.3 Å². The van der Waals surface area contributed by atoms with Gasteiger partial charge in [0.05, 0.1) is 12.5 Å². The van der Waals surface area contributed by atoms with Gasteiger partial charge >= 0.3 is 0 Å². The van der Waals surface area contributed by atoms with Crippen LogP contribution in [0.3, 0.4) is 0 Å². The molecule has 28 heavy (non-hydrogen) atoms. The number of aromatic nitrogens is 2. The van der Waals surface area contributed by atoms with Crippen molar-refractivity contribution in [3.8, 4) is 16.9 Å². The van der Waals surface area contributed by atoms with Gasteiger partial charge in [-0.05, 0) is 49.6 Å². The fourth-order valence-corrected chi connectivity index (χ4v) is 5.06. The van der Waals surface area contributed by atoms with Gasteiger partial charge < -0.3 is 9.64 Å². The van der Waals surface area contributed by atoms with E-state index in [4.69, 9.17) is 14.7 Å². The summed E-state index contributed by atoms with van der Waals surface area (Å²) in [6, 6.07) is 17.2. The normalized spacial score (nSPS) is 15.8. The SMILES string of the molecule is COc1ccc(-c2csc3nc(C)nc(N4c5ccccc5CC4C)c23)cc1. The topological polar surface area (TPSA) is 38.3 Å². The molecule has 0 saturated heterocycles. The number of hydrogen-bond donors (Lipinski definition) is 0. The number of hydrogen-bond acceptors (Lipinski definition) is 5. The van der Waals surface area contributed by atoms with E-state index in [9.17, 15) is 0 Å². The number of para-hydroxylation sites is 1. The van der Waals surface area contributed by atoms with Crippen LogP contribution in [0.25, 0.3) is 21.3 Å². The molecule has 2 aromatic heterocycles. The van der Waals surface area contributed by atoms with Gasteiger partial charge in [-0.1, -0.05) is 30.3 Å². The summed E-state index contributed by atoms with van der Waals surface area (Å²) >= 11 is 1.68. The number of ether oxygens (including phenoxy) is 1. The Balaban J connectivity index is 1.74. The molecular weight excluding hydrogens is 366 g/mol. The van der Waals surface area contributed by atoms with Crippen molar-refractivity contribution in [2.75, 3.05) is 12.0 Å². The van der Waals surface area contributed by atoms with Gasteiger partial charge in [0, 0.05) is 22.7 Å². The number of fused-ring (bicyclic) bond motifs is 2. The van der Waals surface area contributed by atoms with Crippen molar-refractivity contribution in [3.63, 3.8) is 0 Å². The Bertz CT molecular complexity index is 1170. The van der Waals surface area contributed by atoms with Crippen molar-refractivity contribution in [2.24, 2.45) is 0 Å². The van der Waals surface area contributed by atoms with Crippen LogP contribution in [0.5, 0.6) is 5.75 Å². The summed E-state index contributed by atoms with van der Waals surface area (Å²) < 4.78 is 5.32. The van der Waals surface area contributed by atoms with Gasteiger partial charge in [0.2, 0.25) is 0 Å². The van der Waals surface area contributed by atoms with E-state index in [2.05, 4.69) is 53.6 Å². The maximum atomic E-state index is 5.32. The first-order chi connectivity index (χ1) is 13.7. The summed E-state index contributed by atoms with van der Waals surface area (Å²) in [6.45, 7) is 4.24. The molecule has 1 aliphatic rings. The number of aryl methyl sites for hydroxylation is 1. The minimum absolute atomic E-state index is 0.360. The zero-order chi connectivity index (χ0) is 19.3. The van der Waals surface area contributed by atoms with Crippen molar-refractivity contribution >= 4 is 33.1 Å². The van der Waals surface area contributed by atoms with Crippen LogP contribution in [0.4, 0.5) is 11.5 Å². The summed E-state index contributed by atoms with van der Waals surface area (Å²) in [5, 5.41) is 3.32. The van der Waals surface area contributed by atoms with Crippen LogP contribution in [0.1, 0.15) is 18.3 Å². The van der Waals surface area contributed by atoms with Gasteiger partial charge in [-0.25, -0.2) is 9.97 Å². The Morgan fingerprint density at radius 3 is 2.64 bits per heavy atom. The molecule has 1 aliphatic heterocycles. The third kappa shape index (κ3) is 2.66. The quantitative estimate of drug-likeness (QED) is 0.448. The number of anilines is 2. The summed E-state index contributed by atoms with van der Waals surface area (Å²) in [5.74, 6) is 2.67. The Morgan fingerprint density at radius 2 is 1.86 bits per heavy atom. The highest BCUT2D eigenvalue weighted by atomic mass is 32.1. The summed E-state index contributed by atoms with van der Waals surface area (Å²) in [4.78, 5) is 13.1. The van der Waals surface area contributed by atoms with E-state index in [0.29, 0.717) is 6.04 Å². The lowest BCUT2D eigenvalue weighted by molar-refractivity contribution is 0.415. The van der Waals surface area contributed by atoms with Crippen molar-refractivity contribution in [2.45, 2.75) is 26.3 Å². The molecule has 0 bridgehead atoms. The second kappa shape index (κ2) is 6.60. The van der Waals surface area contributed by atoms with Crippen LogP contribution in [-0.4, -0.2) is 23.1 Å². The predicted molar refractivity (Wildman–Crippen MR) is 116 cm³/mol. The molecule has 0 aliphatic carbocycles. The summed E-state index contributed by atoms with van der Waals surface area (Å²) in [7, 11) is 1.69. The third-order valence-electron chi connectivity index (χ3n) is 5.36. The van der Waals surface area contributed by atoms with E-state index in [1.54, 1.807) is 18.4 Å². The minimum Gasteiger partial charge on any atom is -0.497 e. The third-order valence-corrected chi connectivity index (χ3v) is 6.23. The Hall–Kier alpha value is -2.92. The lowest BCUT2D eigenvalue weighted by Gasteiger charge is -2.25. The van der Waals surface area contributed by atoms with Crippen LogP contribution in [-0.2, 0) is 6.42 Å². The van der Waals surface area contributed by atoms with Crippen LogP contribution in [0.2, 0.25) is 0 Å². The molecule has 1 unspecified atom stereocenters. The number of nitrogens with zero attached hydrogens (tertiary/aromatic N) is 3. The molecule has 0 N–H and O–H groups in total. The molecule has 5 heteroatoms. The molecule has 4 nitrogen and oxygen atoms in total. The highest BCUT2D eigenvalue weighted by Gasteiger charge is 2.30. The minimum atomic E-state index is 0.360. The average molecular weight is 388 g/mol. The predicted octanol–water partition coefficient (Wildman–Crippen LogP) is 5.76.